The normalized spacial score (nSPS) is 15.5. The molecule has 0 bridgehead atoms. The molecular weight excluding hydrogens is 302 g/mol. The van der Waals surface area contributed by atoms with Gasteiger partial charge in [-0.05, 0) is 32.3 Å². The number of hydrogen-bond acceptors (Lipinski definition) is 2. The van der Waals surface area contributed by atoms with Gasteiger partial charge in [0.15, 0.2) is 0 Å². The van der Waals surface area contributed by atoms with Gasteiger partial charge in [-0.1, -0.05) is 18.2 Å². The van der Waals surface area contributed by atoms with Gasteiger partial charge in [0.2, 0.25) is 0 Å². The van der Waals surface area contributed by atoms with Crippen LogP contribution in [0.2, 0.25) is 0 Å². The van der Waals surface area contributed by atoms with E-state index in [2.05, 4.69) is 10.3 Å². The molecule has 1 aliphatic heterocycles. The Morgan fingerprint density at radius 3 is 2.71 bits per heavy atom. The van der Waals surface area contributed by atoms with Crippen LogP contribution in [0.3, 0.4) is 0 Å². The average Bonchev–Trinajstić information content (AvgIpc) is 2.94. The Morgan fingerprint density at radius 2 is 1.92 bits per heavy atom. The van der Waals surface area contributed by atoms with Crippen LogP contribution in [0.15, 0.2) is 24.3 Å². The number of fused-ring (bicyclic) bond motifs is 1. The largest absolute Gasteiger partial charge is 0.358 e. The van der Waals surface area contributed by atoms with E-state index in [0.717, 1.165) is 29.6 Å². The first-order valence-electron chi connectivity index (χ1n) is 8.90. The number of H-pyrrole nitrogens is 1. The second-order valence-corrected chi connectivity index (χ2v) is 6.67. The fourth-order valence-electron chi connectivity index (χ4n) is 3.61. The highest BCUT2D eigenvalue weighted by Crippen LogP contribution is 2.22. The van der Waals surface area contributed by atoms with E-state index in [1.165, 1.54) is 32.4 Å². The Kier molecular flexibility index (Phi) is 5.30. The zero-order valence-corrected chi connectivity index (χ0v) is 14.3. The molecule has 1 aromatic carbocycles. The number of nitrogens with one attached hydrogen (secondary N) is 3. The molecule has 1 amide bonds. The number of carbonyl (C=O) groups excluding carboxylic acids is 2. The van der Waals surface area contributed by atoms with Gasteiger partial charge in [-0.25, -0.2) is 0 Å². The maximum absolute atomic E-state index is 12.5. The van der Waals surface area contributed by atoms with E-state index in [4.69, 9.17) is 0 Å². The number of quaternary nitrogens is 1. The van der Waals surface area contributed by atoms with Crippen molar-refractivity contribution in [2.24, 2.45) is 0 Å². The molecule has 24 heavy (non-hydrogen) atoms. The summed E-state index contributed by atoms with van der Waals surface area (Å²) < 4.78 is 0. The number of aromatic nitrogens is 1. The van der Waals surface area contributed by atoms with E-state index < -0.39 is 11.7 Å². The number of Topliss-reactive ketones (excluding diaryl/α,β-unsaturated/α-hetero) is 1. The number of ketones is 1. The summed E-state index contributed by atoms with van der Waals surface area (Å²) >= 11 is 0. The molecule has 1 saturated heterocycles. The van der Waals surface area contributed by atoms with Crippen LogP contribution < -0.4 is 10.2 Å². The molecule has 0 atom stereocenters. The van der Waals surface area contributed by atoms with Crippen LogP contribution in [0.25, 0.3) is 10.9 Å². The van der Waals surface area contributed by atoms with Gasteiger partial charge >= 0.3 is 0 Å². The third kappa shape index (κ3) is 3.67. The summed E-state index contributed by atoms with van der Waals surface area (Å²) in [6, 6.07) is 7.58. The maximum Gasteiger partial charge on any atom is 0.292 e. The van der Waals surface area contributed by atoms with Crippen molar-refractivity contribution in [2.45, 2.75) is 32.6 Å². The molecule has 3 rings (SSSR count). The molecule has 0 unspecified atom stereocenters. The topological polar surface area (TPSA) is 66.4 Å². The highest BCUT2D eigenvalue weighted by molar-refractivity contribution is 6.45. The standard InChI is InChI=1S/C19H25N3O2/c1-14-17(15-8-3-4-9-16(15)21-14)18(23)19(24)20-10-7-13-22-11-5-2-6-12-22/h3-4,8-9,21H,2,5-7,10-13H2,1H3,(H,20,24)/p+1. The molecule has 2 heterocycles. The van der Waals surface area contributed by atoms with Gasteiger partial charge in [0.05, 0.1) is 25.2 Å². The predicted molar refractivity (Wildman–Crippen MR) is 94.4 cm³/mol. The number of amides is 1. The van der Waals surface area contributed by atoms with Crippen LogP contribution in [0.5, 0.6) is 0 Å². The van der Waals surface area contributed by atoms with Crippen LogP contribution in [0, 0.1) is 6.92 Å². The lowest BCUT2D eigenvalue weighted by Gasteiger charge is -2.23. The summed E-state index contributed by atoms with van der Waals surface area (Å²) in [5.41, 5.74) is 2.12. The number of carbonyl (C=O) groups is 2. The molecule has 0 radical (unpaired) electrons. The molecule has 128 valence electrons. The van der Waals surface area contributed by atoms with Gasteiger partial charge in [-0.2, -0.15) is 0 Å². The van der Waals surface area contributed by atoms with Crippen molar-refractivity contribution < 1.29 is 14.5 Å². The van der Waals surface area contributed by atoms with E-state index in [9.17, 15) is 9.59 Å². The lowest BCUT2D eigenvalue weighted by atomic mass is 10.1. The van der Waals surface area contributed by atoms with Crippen LogP contribution >= 0.6 is 0 Å². The summed E-state index contributed by atoms with van der Waals surface area (Å²) in [6.45, 7) is 5.94. The van der Waals surface area contributed by atoms with Crippen LogP contribution in [-0.2, 0) is 4.79 Å². The number of hydrogen-bond donors (Lipinski definition) is 3. The van der Waals surface area contributed by atoms with Crippen molar-refractivity contribution in [1.29, 1.82) is 0 Å². The predicted octanol–water partition coefficient (Wildman–Crippen LogP) is 1.23. The summed E-state index contributed by atoms with van der Waals surface area (Å²) in [5, 5.41) is 3.60. The van der Waals surface area contributed by atoms with Crippen LogP contribution in [0.4, 0.5) is 0 Å². The zero-order chi connectivity index (χ0) is 16.9. The molecule has 3 N–H and O–H groups in total. The highest BCUT2D eigenvalue weighted by Gasteiger charge is 2.22. The van der Waals surface area contributed by atoms with Gasteiger partial charge in [0.1, 0.15) is 0 Å². The van der Waals surface area contributed by atoms with Crippen LogP contribution in [0.1, 0.15) is 41.7 Å². The summed E-state index contributed by atoms with van der Waals surface area (Å²) in [4.78, 5) is 29.5. The monoisotopic (exact) mass is 328 g/mol. The number of benzene rings is 1. The van der Waals surface area contributed by atoms with Crippen molar-refractivity contribution in [1.82, 2.24) is 10.3 Å². The third-order valence-corrected chi connectivity index (χ3v) is 4.88. The lowest BCUT2D eigenvalue weighted by molar-refractivity contribution is -0.904. The minimum Gasteiger partial charge on any atom is -0.358 e. The van der Waals surface area contributed by atoms with Crippen molar-refractivity contribution in [2.75, 3.05) is 26.2 Å². The second-order valence-electron chi connectivity index (χ2n) is 6.67. The Labute approximate surface area is 142 Å². The summed E-state index contributed by atoms with van der Waals surface area (Å²) in [6.07, 6.45) is 4.87. The number of aromatic amines is 1. The van der Waals surface area contributed by atoms with Gasteiger partial charge in [0, 0.05) is 29.6 Å². The second kappa shape index (κ2) is 7.62. The fourth-order valence-corrected chi connectivity index (χ4v) is 3.61. The molecule has 5 heteroatoms. The number of likely N-dealkylation sites (tertiary alicyclic amines) is 1. The Hall–Kier alpha value is -2.14. The number of piperidine rings is 1. The van der Waals surface area contributed by atoms with E-state index in [-0.39, 0.29) is 0 Å². The van der Waals surface area contributed by atoms with Crippen molar-refractivity contribution >= 4 is 22.6 Å². The third-order valence-electron chi connectivity index (χ3n) is 4.88. The van der Waals surface area contributed by atoms with E-state index in [1.807, 2.05) is 31.2 Å². The van der Waals surface area contributed by atoms with Crippen LogP contribution in [-0.4, -0.2) is 42.9 Å². The molecule has 1 aliphatic rings. The van der Waals surface area contributed by atoms with Crippen molar-refractivity contribution in [3.63, 3.8) is 0 Å². The summed E-state index contributed by atoms with van der Waals surface area (Å²) in [5.74, 6) is -0.952. The highest BCUT2D eigenvalue weighted by atomic mass is 16.2. The molecular formula is C19H26N3O2+. The smallest absolute Gasteiger partial charge is 0.292 e. The summed E-state index contributed by atoms with van der Waals surface area (Å²) in [7, 11) is 0. The minimum atomic E-state index is -0.503. The maximum atomic E-state index is 12.5. The van der Waals surface area contributed by atoms with E-state index >= 15 is 0 Å². The molecule has 1 aromatic heterocycles. The molecule has 2 aromatic rings. The van der Waals surface area contributed by atoms with E-state index in [1.54, 1.807) is 4.90 Å². The Bertz CT molecular complexity index is 729. The first kappa shape index (κ1) is 16.7. The molecule has 0 aliphatic carbocycles. The molecule has 5 nitrogen and oxygen atoms in total. The van der Waals surface area contributed by atoms with E-state index in [0.29, 0.717) is 12.1 Å². The fraction of sp³-hybridized carbons (Fsp3) is 0.474. The zero-order valence-electron chi connectivity index (χ0n) is 14.3. The van der Waals surface area contributed by atoms with Gasteiger partial charge < -0.3 is 15.2 Å². The molecule has 0 spiro atoms. The first-order valence-corrected chi connectivity index (χ1v) is 8.90. The van der Waals surface area contributed by atoms with Gasteiger partial charge in [-0.3, -0.25) is 9.59 Å². The Balaban J connectivity index is 1.54. The minimum absolute atomic E-state index is 0.449. The SMILES string of the molecule is Cc1[nH]c2ccccc2c1C(=O)C(=O)NCCC[NH+]1CCCCC1. The van der Waals surface area contributed by atoms with Crippen molar-refractivity contribution in [3.8, 4) is 0 Å². The van der Waals surface area contributed by atoms with Gasteiger partial charge in [-0.15, -0.1) is 0 Å². The lowest BCUT2D eigenvalue weighted by Crippen LogP contribution is -3.12. The first-order chi connectivity index (χ1) is 11.7. The Morgan fingerprint density at radius 1 is 1.17 bits per heavy atom. The number of rotatable bonds is 6. The number of para-hydroxylation sites is 1. The van der Waals surface area contributed by atoms with Gasteiger partial charge in [0.25, 0.3) is 11.7 Å². The average molecular weight is 328 g/mol. The molecule has 0 saturated carbocycles. The molecule has 1 fully saturated rings. The number of aryl methyl sites for hydroxylation is 1. The van der Waals surface area contributed by atoms with Crippen molar-refractivity contribution in [3.05, 3.63) is 35.5 Å². The quantitative estimate of drug-likeness (QED) is 0.424.